The van der Waals surface area contributed by atoms with E-state index in [1.54, 1.807) is 0 Å². The van der Waals surface area contributed by atoms with Gasteiger partial charge in [-0.1, -0.05) is 6.58 Å². The molecule has 0 aromatic heterocycles. The molecule has 7 heavy (non-hydrogen) atoms. The summed E-state index contributed by atoms with van der Waals surface area (Å²) in [5.74, 6) is 0. The predicted molar refractivity (Wildman–Crippen MR) is 20.3 cm³/mol. The number of hydrogen-bond acceptors (Lipinski definition) is 3. The van der Waals surface area contributed by atoms with Crippen LogP contribution in [0.4, 0.5) is 0 Å². The van der Waals surface area contributed by atoms with Crippen LogP contribution in [-0.2, 0) is 9.09 Å². The van der Waals surface area contributed by atoms with Crippen LogP contribution in [0, 0.1) is 0 Å². The van der Waals surface area contributed by atoms with Gasteiger partial charge in [-0.3, -0.25) is 4.57 Å². The SMILES string of the molecule is C=CO[PH](=O)[O-].[Na+]. The van der Waals surface area contributed by atoms with E-state index in [1.807, 2.05) is 0 Å². The van der Waals surface area contributed by atoms with Gasteiger partial charge in [0.25, 0.3) is 0 Å². The first kappa shape index (κ1) is 10.7. The van der Waals surface area contributed by atoms with Gasteiger partial charge in [-0.05, 0) is 0 Å². The Morgan fingerprint density at radius 1 is 1.86 bits per heavy atom. The molecule has 0 N–H and O–H groups in total. The van der Waals surface area contributed by atoms with Crippen LogP contribution in [0.1, 0.15) is 0 Å². The molecule has 0 heterocycles. The Hall–Kier alpha value is 0.730. The first-order chi connectivity index (χ1) is 2.77. The van der Waals surface area contributed by atoms with Crippen molar-refractivity contribution in [3.8, 4) is 0 Å². The van der Waals surface area contributed by atoms with Crippen LogP contribution in [0.2, 0.25) is 0 Å². The van der Waals surface area contributed by atoms with Crippen molar-refractivity contribution in [2.24, 2.45) is 0 Å². The number of hydrogen-bond donors (Lipinski definition) is 0. The third-order valence-electron chi connectivity index (χ3n) is 0.180. The van der Waals surface area contributed by atoms with Gasteiger partial charge in [0, 0.05) is 0 Å². The van der Waals surface area contributed by atoms with Gasteiger partial charge in [0.2, 0.25) is 0 Å². The van der Waals surface area contributed by atoms with Crippen LogP contribution in [0.3, 0.4) is 0 Å². The molecule has 0 saturated carbocycles. The normalized spacial score (nSPS) is 11.0. The second-order valence-electron chi connectivity index (χ2n) is 0.535. The summed E-state index contributed by atoms with van der Waals surface area (Å²) in [5.41, 5.74) is 0. The summed E-state index contributed by atoms with van der Waals surface area (Å²) >= 11 is 0. The van der Waals surface area contributed by atoms with Crippen LogP contribution in [-0.4, -0.2) is 0 Å². The van der Waals surface area contributed by atoms with E-state index in [4.69, 9.17) is 0 Å². The van der Waals surface area contributed by atoms with E-state index in [1.165, 1.54) is 0 Å². The molecule has 0 fully saturated rings. The average Bonchev–Trinajstić information content (AvgIpc) is 1.35. The van der Waals surface area contributed by atoms with Crippen LogP contribution in [0.5, 0.6) is 0 Å². The molecule has 3 nitrogen and oxygen atoms in total. The molecule has 36 valence electrons. The van der Waals surface area contributed by atoms with Crippen molar-refractivity contribution in [3.63, 3.8) is 0 Å². The second-order valence-corrected chi connectivity index (χ2v) is 1.27. The van der Waals surface area contributed by atoms with Crippen LogP contribution in [0.25, 0.3) is 0 Å². The molecule has 0 aliphatic carbocycles. The summed E-state index contributed by atoms with van der Waals surface area (Å²) in [6.45, 7) is 3.00. The first-order valence-electron chi connectivity index (χ1n) is 1.26. The average molecular weight is 130 g/mol. The van der Waals surface area contributed by atoms with Gasteiger partial charge in [-0.15, -0.1) is 0 Å². The molecule has 0 spiro atoms. The molecule has 1 unspecified atom stereocenters. The summed E-state index contributed by atoms with van der Waals surface area (Å²) in [5, 5.41) is 0. The van der Waals surface area contributed by atoms with E-state index in [0.717, 1.165) is 6.26 Å². The van der Waals surface area contributed by atoms with Gasteiger partial charge < -0.3 is 9.42 Å². The minimum atomic E-state index is -3.00. The maximum atomic E-state index is 9.38. The maximum Gasteiger partial charge on any atom is 1.00 e. The van der Waals surface area contributed by atoms with Crippen LogP contribution in [0.15, 0.2) is 12.8 Å². The van der Waals surface area contributed by atoms with Gasteiger partial charge in [-0.2, -0.15) is 0 Å². The molecule has 0 aromatic carbocycles. The Labute approximate surface area is 64.6 Å². The Kier molecular flexibility index (Phi) is 10.3. The van der Waals surface area contributed by atoms with Gasteiger partial charge in [0.15, 0.2) is 8.25 Å². The van der Waals surface area contributed by atoms with Crippen LogP contribution >= 0.6 is 8.25 Å². The zero-order valence-corrected chi connectivity index (χ0v) is 7.01. The topological polar surface area (TPSA) is 49.4 Å². The monoisotopic (exact) mass is 130 g/mol. The van der Waals surface area contributed by atoms with Crippen molar-refractivity contribution < 1.29 is 43.5 Å². The third-order valence-corrected chi connectivity index (χ3v) is 0.539. The number of rotatable bonds is 2. The smallest absolute Gasteiger partial charge is 0.771 e. The zero-order valence-electron chi connectivity index (χ0n) is 4.01. The van der Waals surface area contributed by atoms with Crippen molar-refractivity contribution in [2.45, 2.75) is 0 Å². The van der Waals surface area contributed by atoms with E-state index in [-0.39, 0.29) is 29.6 Å². The van der Waals surface area contributed by atoms with Gasteiger partial charge in [-0.25, -0.2) is 0 Å². The zero-order chi connectivity index (χ0) is 4.99. The summed E-state index contributed by atoms with van der Waals surface area (Å²) in [6, 6.07) is 0. The predicted octanol–water partition coefficient (Wildman–Crippen LogP) is -3.10. The van der Waals surface area contributed by atoms with E-state index in [9.17, 15) is 9.46 Å². The van der Waals surface area contributed by atoms with Crippen molar-refractivity contribution in [3.05, 3.63) is 12.8 Å². The van der Waals surface area contributed by atoms with Crippen LogP contribution < -0.4 is 34.5 Å². The minimum Gasteiger partial charge on any atom is -0.771 e. The van der Waals surface area contributed by atoms with Crippen molar-refractivity contribution in [1.29, 1.82) is 0 Å². The largest absolute Gasteiger partial charge is 1.00 e. The molecule has 0 aromatic rings. The molecule has 0 aliphatic rings. The fourth-order valence-electron chi connectivity index (χ4n) is 0.0680. The first-order valence-corrected chi connectivity index (χ1v) is 2.48. The molecule has 5 heteroatoms. The van der Waals surface area contributed by atoms with E-state index >= 15 is 0 Å². The fraction of sp³-hybridized carbons (Fsp3) is 0. The molecule has 0 bridgehead atoms. The Balaban J connectivity index is 0. The molecule has 0 rings (SSSR count). The van der Waals surface area contributed by atoms with E-state index in [0.29, 0.717) is 0 Å². The van der Waals surface area contributed by atoms with Crippen molar-refractivity contribution >= 4 is 8.25 Å². The summed E-state index contributed by atoms with van der Waals surface area (Å²) in [6.07, 6.45) is 0.869. The van der Waals surface area contributed by atoms with Crippen molar-refractivity contribution in [2.75, 3.05) is 0 Å². The van der Waals surface area contributed by atoms with Gasteiger partial charge >= 0.3 is 29.6 Å². The molecular weight excluding hydrogens is 126 g/mol. The molecule has 0 radical (unpaired) electrons. The maximum absolute atomic E-state index is 9.38. The molecule has 1 atom stereocenters. The Morgan fingerprint density at radius 2 is 2.29 bits per heavy atom. The summed E-state index contributed by atoms with van der Waals surface area (Å²) < 4.78 is 13.2. The summed E-state index contributed by atoms with van der Waals surface area (Å²) in [7, 11) is -3.00. The molecule has 0 amide bonds. The third kappa shape index (κ3) is 10.8. The second kappa shape index (κ2) is 6.73. The van der Waals surface area contributed by atoms with Crippen molar-refractivity contribution in [1.82, 2.24) is 0 Å². The fourth-order valence-corrected chi connectivity index (χ4v) is 0.204. The summed E-state index contributed by atoms with van der Waals surface area (Å²) in [4.78, 5) is 9.38. The molecular formula is C2H4NaO3P. The molecule has 0 saturated heterocycles. The standard InChI is InChI=1S/C2H5O3P.Na/c1-2-5-6(3)4;/h2,6H,1H2,(H,3,4);/q;+1/p-1. The quantitative estimate of drug-likeness (QED) is 0.226. The van der Waals surface area contributed by atoms with Gasteiger partial charge in [0.1, 0.15) is 0 Å². The minimum absolute atomic E-state index is 0. The van der Waals surface area contributed by atoms with E-state index < -0.39 is 8.25 Å². The Bertz CT molecular complexity index is 73.3. The Morgan fingerprint density at radius 3 is 2.29 bits per heavy atom. The van der Waals surface area contributed by atoms with E-state index in [2.05, 4.69) is 11.1 Å². The molecule has 0 aliphatic heterocycles. The van der Waals surface area contributed by atoms with Gasteiger partial charge in [0.05, 0.1) is 6.26 Å².